The molecule has 3 heterocycles. The van der Waals surface area contributed by atoms with Gasteiger partial charge in [0.25, 0.3) is 0 Å². The van der Waals surface area contributed by atoms with Crippen LogP contribution in [0.15, 0.2) is 30.5 Å². The zero-order valence-electron chi connectivity index (χ0n) is 23.4. The smallest absolute Gasteiger partial charge is 0.453 e. The number of likely N-dealkylation sites (tertiary alicyclic amines) is 1. The van der Waals surface area contributed by atoms with Crippen molar-refractivity contribution in [1.82, 2.24) is 20.2 Å². The highest BCUT2D eigenvalue weighted by molar-refractivity contribution is 6.62. The van der Waals surface area contributed by atoms with Crippen molar-refractivity contribution in [1.29, 1.82) is 0 Å². The quantitative estimate of drug-likeness (QED) is 0.559. The summed E-state index contributed by atoms with van der Waals surface area (Å²) in [6.45, 7) is 12.1. The molecule has 0 unspecified atom stereocenters. The van der Waals surface area contributed by atoms with Gasteiger partial charge >= 0.3 is 13.2 Å². The van der Waals surface area contributed by atoms with Gasteiger partial charge in [0.1, 0.15) is 11.9 Å². The van der Waals surface area contributed by atoms with Crippen LogP contribution >= 0.6 is 0 Å². The molecule has 2 saturated heterocycles. The van der Waals surface area contributed by atoms with E-state index in [0.717, 1.165) is 41.8 Å². The maximum absolute atomic E-state index is 13.7. The molecule has 2 amide bonds. The SMILES string of the molecule is COC(=O)N[C@H](C(=O)N1[C@H]2CC[C@H](C2)[C@H]1c1ncc(-c2ccc(B3OC(C)(C)C(C)(C)O3)cc2)[nH]1)C(C)C. The third kappa shape index (κ3) is 4.62. The Bertz CT molecular complexity index is 1180. The van der Waals surface area contributed by atoms with Gasteiger partial charge in [-0.3, -0.25) is 4.79 Å². The van der Waals surface area contributed by atoms with Gasteiger partial charge < -0.3 is 29.2 Å². The first-order chi connectivity index (χ1) is 17.9. The normalized spacial score (nSPS) is 26.2. The topological polar surface area (TPSA) is 106 Å². The van der Waals surface area contributed by atoms with Crippen LogP contribution in [0.4, 0.5) is 4.79 Å². The third-order valence-corrected chi connectivity index (χ3v) is 8.85. The van der Waals surface area contributed by atoms with E-state index in [1.807, 2.05) is 76.9 Å². The second-order valence-corrected chi connectivity index (χ2v) is 12.2. The van der Waals surface area contributed by atoms with Crippen LogP contribution in [0.25, 0.3) is 11.3 Å². The molecule has 1 saturated carbocycles. The Morgan fingerprint density at radius 3 is 2.39 bits per heavy atom. The molecule has 5 rings (SSSR count). The Morgan fingerprint density at radius 2 is 1.79 bits per heavy atom. The number of hydrogen-bond donors (Lipinski definition) is 2. The Kier molecular flexibility index (Phi) is 6.84. The van der Waals surface area contributed by atoms with Crippen molar-refractivity contribution >= 4 is 24.6 Å². The molecule has 9 nitrogen and oxygen atoms in total. The Hall–Kier alpha value is -2.85. The second-order valence-electron chi connectivity index (χ2n) is 12.2. The van der Waals surface area contributed by atoms with E-state index in [1.165, 1.54) is 7.11 Å². The van der Waals surface area contributed by atoms with Crippen molar-refractivity contribution in [3.8, 4) is 11.3 Å². The summed E-state index contributed by atoms with van der Waals surface area (Å²) in [5.74, 6) is 0.985. The number of imidazole rings is 1. The lowest BCUT2D eigenvalue weighted by Crippen LogP contribution is -2.54. The van der Waals surface area contributed by atoms with Crippen LogP contribution in [-0.2, 0) is 18.8 Å². The fourth-order valence-corrected chi connectivity index (χ4v) is 5.95. The summed E-state index contributed by atoms with van der Waals surface area (Å²) in [4.78, 5) is 35.9. The van der Waals surface area contributed by atoms with Gasteiger partial charge in [0, 0.05) is 6.04 Å². The van der Waals surface area contributed by atoms with E-state index in [2.05, 4.69) is 10.3 Å². The highest BCUT2D eigenvalue weighted by Crippen LogP contribution is 2.50. The van der Waals surface area contributed by atoms with Crippen molar-refractivity contribution < 1.29 is 23.6 Å². The predicted octanol–water partition coefficient (Wildman–Crippen LogP) is 3.81. The first-order valence-electron chi connectivity index (χ1n) is 13.6. The van der Waals surface area contributed by atoms with Gasteiger partial charge in [-0.2, -0.15) is 0 Å². The van der Waals surface area contributed by atoms with Crippen LogP contribution in [-0.4, -0.2) is 64.4 Å². The largest absolute Gasteiger partial charge is 0.494 e. The number of hydrogen-bond acceptors (Lipinski definition) is 6. The standard InChI is InChI=1S/C28H39BN4O5/c1-16(2)22(32-26(35)36-7)25(34)33-20-13-10-18(14-20)23(33)24-30-15-21(31-24)17-8-11-19(12-9-17)29-37-27(3,4)28(5,6)38-29/h8-9,11-12,15-16,18,20,22-23H,10,13-14H2,1-7H3,(H,30,31)(H,32,35)/t18-,20+,22+,23+/m1/s1. The molecule has 2 N–H and O–H groups in total. The molecule has 38 heavy (non-hydrogen) atoms. The number of amides is 2. The summed E-state index contributed by atoms with van der Waals surface area (Å²) < 4.78 is 17.1. The van der Waals surface area contributed by atoms with Crippen molar-refractivity contribution in [2.45, 2.75) is 90.1 Å². The molecule has 0 radical (unpaired) electrons. The molecule has 2 bridgehead atoms. The van der Waals surface area contributed by atoms with Crippen LogP contribution in [0.5, 0.6) is 0 Å². The maximum Gasteiger partial charge on any atom is 0.494 e. The van der Waals surface area contributed by atoms with Crippen LogP contribution < -0.4 is 10.8 Å². The number of alkyl carbamates (subject to hydrolysis) is 1. The average Bonchev–Trinajstić information content (AvgIpc) is 3.65. The second kappa shape index (κ2) is 9.72. The van der Waals surface area contributed by atoms with Crippen LogP contribution in [0, 0.1) is 11.8 Å². The molecule has 4 atom stereocenters. The van der Waals surface area contributed by atoms with Crippen molar-refractivity contribution in [2.75, 3.05) is 7.11 Å². The van der Waals surface area contributed by atoms with E-state index in [4.69, 9.17) is 19.0 Å². The van der Waals surface area contributed by atoms with Crippen LogP contribution in [0.2, 0.25) is 0 Å². The Morgan fingerprint density at radius 1 is 1.13 bits per heavy atom. The number of ether oxygens (including phenoxy) is 1. The lowest BCUT2D eigenvalue weighted by molar-refractivity contribution is -0.139. The highest BCUT2D eigenvalue weighted by atomic mass is 16.7. The Balaban J connectivity index is 1.35. The molecule has 1 aromatic heterocycles. The molecule has 10 heteroatoms. The fourth-order valence-electron chi connectivity index (χ4n) is 5.95. The minimum Gasteiger partial charge on any atom is -0.453 e. The fraction of sp³-hybridized carbons (Fsp3) is 0.607. The zero-order valence-corrected chi connectivity index (χ0v) is 23.4. The number of fused-ring (bicyclic) bond motifs is 2. The van der Waals surface area contributed by atoms with Crippen LogP contribution in [0.1, 0.15) is 72.7 Å². The molecule has 204 valence electrons. The number of nitrogens with one attached hydrogen (secondary N) is 2. The minimum absolute atomic E-state index is 0.0731. The van der Waals surface area contributed by atoms with Gasteiger partial charge in [-0.15, -0.1) is 0 Å². The maximum atomic E-state index is 13.7. The van der Waals surface area contributed by atoms with Gasteiger partial charge in [0.15, 0.2) is 0 Å². The van der Waals surface area contributed by atoms with Crippen molar-refractivity contribution in [3.05, 3.63) is 36.3 Å². The molecule has 0 spiro atoms. The van der Waals surface area contributed by atoms with E-state index in [1.54, 1.807) is 0 Å². The third-order valence-electron chi connectivity index (χ3n) is 8.85. The molecule has 2 aliphatic heterocycles. The van der Waals surface area contributed by atoms with Crippen molar-refractivity contribution in [3.63, 3.8) is 0 Å². The van der Waals surface area contributed by atoms with E-state index in [0.29, 0.717) is 5.92 Å². The number of rotatable bonds is 6. The number of piperidine rings is 1. The lowest BCUT2D eigenvalue weighted by atomic mass is 9.79. The van der Waals surface area contributed by atoms with Crippen molar-refractivity contribution in [2.24, 2.45) is 11.8 Å². The van der Waals surface area contributed by atoms with Gasteiger partial charge in [-0.1, -0.05) is 38.1 Å². The number of aromatic nitrogens is 2. The summed E-state index contributed by atoms with van der Waals surface area (Å²) in [5.41, 5.74) is 2.08. The highest BCUT2D eigenvalue weighted by Gasteiger charge is 2.52. The molecule has 3 fully saturated rings. The molecule has 1 aromatic carbocycles. The zero-order chi connectivity index (χ0) is 27.4. The molecule has 1 aliphatic carbocycles. The Labute approximate surface area is 225 Å². The number of benzene rings is 1. The number of nitrogens with zero attached hydrogens (tertiary/aromatic N) is 2. The van der Waals surface area contributed by atoms with E-state index in [-0.39, 0.29) is 35.1 Å². The molecular weight excluding hydrogens is 483 g/mol. The van der Waals surface area contributed by atoms with E-state index < -0.39 is 19.3 Å². The summed E-state index contributed by atoms with van der Waals surface area (Å²) in [5, 5.41) is 2.74. The summed E-state index contributed by atoms with van der Waals surface area (Å²) in [6, 6.07) is 7.49. The number of carbonyl (C=O) groups excluding carboxylic acids is 2. The van der Waals surface area contributed by atoms with E-state index >= 15 is 0 Å². The number of methoxy groups -OCH3 is 1. The van der Waals surface area contributed by atoms with Gasteiger partial charge in [0.05, 0.1) is 36.2 Å². The molecule has 2 aromatic rings. The minimum atomic E-state index is -0.652. The molecular formula is C28H39BN4O5. The first-order valence-corrected chi connectivity index (χ1v) is 13.6. The van der Waals surface area contributed by atoms with E-state index in [9.17, 15) is 9.59 Å². The first kappa shape index (κ1) is 26.7. The van der Waals surface area contributed by atoms with Gasteiger partial charge in [0.2, 0.25) is 5.91 Å². The molecule has 3 aliphatic rings. The summed E-state index contributed by atoms with van der Waals surface area (Å²) >= 11 is 0. The summed E-state index contributed by atoms with van der Waals surface area (Å²) in [7, 11) is 0.900. The average molecular weight is 522 g/mol. The number of H-pyrrole nitrogens is 1. The monoisotopic (exact) mass is 522 g/mol. The number of aromatic amines is 1. The van der Waals surface area contributed by atoms with Crippen LogP contribution in [0.3, 0.4) is 0 Å². The van der Waals surface area contributed by atoms with Gasteiger partial charge in [-0.25, -0.2) is 9.78 Å². The number of carbonyl (C=O) groups is 2. The lowest BCUT2D eigenvalue weighted by Gasteiger charge is -2.37. The van der Waals surface area contributed by atoms with Gasteiger partial charge in [-0.05, 0) is 69.8 Å². The summed E-state index contributed by atoms with van der Waals surface area (Å²) in [6.07, 6.45) is 4.24. The predicted molar refractivity (Wildman–Crippen MR) is 145 cm³/mol.